The van der Waals surface area contributed by atoms with Crippen molar-refractivity contribution in [1.82, 2.24) is 14.9 Å². The van der Waals surface area contributed by atoms with Crippen LogP contribution < -0.4 is 0 Å². The number of amides is 1. The molecule has 0 saturated carbocycles. The molecule has 0 aromatic carbocycles. The Morgan fingerprint density at radius 3 is 2.56 bits per heavy atom. The van der Waals surface area contributed by atoms with Crippen LogP contribution in [0.4, 0.5) is 0 Å². The Morgan fingerprint density at radius 2 is 1.94 bits per heavy atom. The summed E-state index contributed by atoms with van der Waals surface area (Å²) in [5.74, 6) is 0.0833. The molecule has 1 saturated heterocycles. The number of carbonyl (C=O) groups is 1. The molecule has 4 heteroatoms. The quantitative estimate of drug-likeness (QED) is 0.723. The van der Waals surface area contributed by atoms with Gasteiger partial charge in [0, 0.05) is 19.3 Å². The molecule has 0 spiro atoms. The standard InChI is InChI=1S/C12H17N3O/c1-10-11(8-13-9-14-10)12(16)15-6-4-2-3-5-7-15/h8-9H,2-7H2,1H3. The fraction of sp³-hybridized carbons (Fsp3) is 0.583. The van der Waals surface area contributed by atoms with Gasteiger partial charge in [-0.15, -0.1) is 0 Å². The predicted molar refractivity (Wildman–Crippen MR) is 61.1 cm³/mol. The molecule has 0 N–H and O–H groups in total. The van der Waals surface area contributed by atoms with Gasteiger partial charge in [-0.25, -0.2) is 9.97 Å². The van der Waals surface area contributed by atoms with Crippen LogP contribution in [0.25, 0.3) is 0 Å². The molecule has 0 atom stereocenters. The van der Waals surface area contributed by atoms with Gasteiger partial charge >= 0.3 is 0 Å². The van der Waals surface area contributed by atoms with E-state index in [1.807, 2.05) is 11.8 Å². The molecule has 1 fully saturated rings. The second kappa shape index (κ2) is 5.05. The van der Waals surface area contributed by atoms with Crippen molar-refractivity contribution in [3.63, 3.8) is 0 Å². The van der Waals surface area contributed by atoms with E-state index in [1.165, 1.54) is 19.2 Å². The number of hydrogen-bond donors (Lipinski definition) is 0. The number of aryl methyl sites for hydroxylation is 1. The van der Waals surface area contributed by atoms with Crippen LogP contribution in [-0.4, -0.2) is 33.9 Å². The van der Waals surface area contributed by atoms with Gasteiger partial charge in [0.25, 0.3) is 5.91 Å². The van der Waals surface area contributed by atoms with Crippen molar-refractivity contribution in [3.8, 4) is 0 Å². The van der Waals surface area contributed by atoms with Gasteiger partial charge in [-0.1, -0.05) is 12.8 Å². The first-order valence-electron chi connectivity index (χ1n) is 5.85. The van der Waals surface area contributed by atoms with E-state index in [2.05, 4.69) is 9.97 Å². The first-order valence-corrected chi connectivity index (χ1v) is 5.85. The molecule has 1 aromatic heterocycles. The summed E-state index contributed by atoms with van der Waals surface area (Å²) in [6.07, 6.45) is 7.78. The molecule has 2 heterocycles. The average Bonchev–Trinajstić information content (AvgIpc) is 2.57. The molecule has 0 unspecified atom stereocenters. The minimum atomic E-state index is 0.0833. The van der Waals surface area contributed by atoms with E-state index >= 15 is 0 Å². The van der Waals surface area contributed by atoms with Gasteiger partial charge in [-0.2, -0.15) is 0 Å². The van der Waals surface area contributed by atoms with Crippen molar-refractivity contribution in [2.75, 3.05) is 13.1 Å². The van der Waals surface area contributed by atoms with E-state index in [0.717, 1.165) is 31.6 Å². The van der Waals surface area contributed by atoms with Gasteiger partial charge < -0.3 is 4.90 Å². The molecular formula is C12H17N3O. The Morgan fingerprint density at radius 1 is 1.25 bits per heavy atom. The predicted octanol–water partition coefficient (Wildman–Crippen LogP) is 1.80. The van der Waals surface area contributed by atoms with Crippen LogP contribution in [0.2, 0.25) is 0 Å². The Kier molecular flexibility index (Phi) is 3.49. The second-order valence-electron chi connectivity index (χ2n) is 4.23. The van der Waals surface area contributed by atoms with Gasteiger partial charge in [0.1, 0.15) is 6.33 Å². The minimum absolute atomic E-state index is 0.0833. The van der Waals surface area contributed by atoms with E-state index < -0.39 is 0 Å². The minimum Gasteiger partial charge on any atom is -0.339 e. The van der Waals surface area contributed by atoms with E-state index in [9.17, 15) is 4.79 Å². The number of rotatable bonds is 1. The van der Waals surface area contributed by atoms with Crippen LogP contribution in [-0.2, 0) is 0 Å². The highest BCUT2D eigenvalue weighted by molar-refractivity contribution is 5.94. The van der Waals surface area contributed by atoms with Crippen molar-refractivity contribution in [1.29, 1.82) is 0 Å². The Hall–Kier alpha value is -1.45. The molecule has 1 amide bonds. The van der Waals surface area contributed by atoms with Gasteiger partial charge in [-0.3, -0.25) is 4.79 Å². The largest absolute Gasteiger partial charge is 0.339 e. The van der Waals surface area contributed by atoms with Crippen LogP contribution in [0.5, 0.6) is 0 Å². The molecule has 4 nitrogen and oxygen atoms in total. The summed E-state index contributed by atoms with van der Waals surface area (Å²) < 4.78 is 0. The first-order chi connectivity index (χ1) is 7.79. The number of nitrogens with zero attached hydrogens (tertiary/aromatic N) is 3. The van der Waals surface area contributed by atoms with Crippen LogP contribution in [0.3, 0.4) is 0 Å². The molecule has 1 aromatic rings. The zero-order valence-corrected chi connectivity index (χ0v) is 9.65. The maximum absolute atomic E-state index is 12.2. The highest BCUT2D eigenvalue weighted by atomic mass is 16.2. The van der Waals surface area contributed by atoms with Gasteiger partial charge in [0.15, 0.2) is 0 Å². The molecule has 1 aliphatic rings. The number of likely N-dealkylation sites (tertiary alicyclic amines) is 1. The lowest BCUT2D eigenvalue weighted by Crippen LogP contribution is -2.32. The molecular weight excluding hydrogens is 202 g/mol. The molecule has 2 rings (SSSR count). The van der Waals surface area contributed by atoms with E-state index in [0.29, 0.717) is 5.56 Å². The summed E-state index contributed by atoms with van der Waals surface area (Å²) in [4.78, 5) is 22.1. The zero-order valence-electron chi connectivity index (χ0n) is 9.65. The summed E-state index contributed by atoms with van der Waals surface area (Å²) in [5, 5.41) is 0. The van der Waals surface area contributed by atoms with Crippen LogP contribution in [0.15, 0.2) is 12.5 Å². The lowest BCUT2D eigenvalue weighted by atomic mass is 10.2. The summed E-state index contributed by atoms with van der Waals surface area (Å²) >= 11 is 0. The highest BCUT2D eigenvalue weighted by Gasteiger charge is 2.19. The van der Waals surface area contributed by atoms with E-state index in [4.69, 9.17) is 0 Å². The first kappa shape index (κ1) is 11.0. The third-order valence-electron chi connectivity index (χ3n) is 3.04. The molecule has 1 aliphatic heterocycles. The topological polar surface area (TPSA) is 46.1 Å². The normalized spacial score (nSPS) is 16.9. The van der Waals surface area contributed by atoms with Crippen molar-refractivity contribution in [2.45, 2.75) is 32.6 Å². The summed E-state index contributed by atoms with van der Waals surface area (Å²) in [7, 11) is 0. The van der Waals surface area contributed by atoms with E-state index in [1.54, 1.807) is 6.20 Å². The Bertz CT molecular complexity index is 370. The maximum atomic E-state index is 12.2. The smallest absolute Gasteiger partial charge is 0.257 e. The Labute approximate surface area is 95.7 Å². The summed E-state index contributed by atoms with van der Waals surface area (Å²) in [5.41, 5.74) is 1.41. The third-order valence-corrected chi connectivity index (χ3v) is 3.04. The van der Waals surface area contributed by atoms with Crippen LogP contribution in [0.1, 0.15) is 41.7 Å². The Balaban J connectivity index is 2.14. The summed E-state index contributed by atoms with van der Waals surface area (Å²) in [6, 6.07) is 0. The van der Waals surface area contributed by atoms with Crippen LogP contribution >= 0.6 is 0 Å². The number of hydrogen-bond acceptors (Lipinski definition) is 3. The van der Waals surface area contributed by atoms with Crippen molar-refractivity contribution in [2.24, 2.45) is 0 Å². The van der Waals surface area contributed by atoms with Crippen molar-refractivity contribution in [3.05, 3.63) is 23.8 Å². The number of carbonyl (C=O) groups excluding carboxylic acids is 1. The average molecular weight is 219 g/mol. The van der Waals surface area contributed by atoms with Crippen molar-refractivity contribution >= 4 is 5.91 Å². The molecule has 86 valence electrons. The van der Waals surface area contributed by atoms with Crippen molar-refractivity contribution < 1.29 is 4.79 Å². The second-order valence-corrected chi connectivity index (χ2v) is 4.23. The lowest BCUT2D eigenvalue weighted by Gasteiger charge is -2.20. The van der Waals surface area contributed by atoms with Gasteiger partial charge in [0.2, 0.25) is 0 Å². The maximum Gasteiger partial charge on any atom is 0.257 e. The lowest BCUT2D eigenvalue weighted by molar-refractivity contribution is 0.0760. The SMILES string of the molecule is Cc1ncncc1C(=O)N1CCCCCC1. The monoisotopic (exact) mass is 219 g/mol. The fourth-order valence-corrected chi connectivity index (χ4v) is 2.04. The number of aromatic nitrogens is 2. The summed E-state index contributed by atoms with van der Waals surface area (Å²) in [6.45, 7) is 3.59. The third kappa shape index (κ3) is 2.38. The fourth-order valence-electron chi connectivity index (χ4n) is 2.04. The molecule has 16 heavy (non-hydrogen) atoms. The van der Waals surface area contributed by atoms with Gasteiger partial charge in [-0.05, 0) is 19.8 Å². The molecule has 0 radical (unpaired) electrons. The van der Waals surface area contributed by atoms with Crippen LogP contribution in [0, 0.1) is 6.92 Å². The molecule has 0 bridgehead atoms. The van der Waals surface area contributed by atoms with E-state index in [-0.39, 0.29) is 5.91 Å². The highest BCUT2D eigenvalue weighted by Crippen LogP contribution is 2.13. The zero-order chi connectivity index (χ0) is 11.4. The molecule has 0 aliphatic carbocycles. The van der Waals surface area contributed by atoms with Gasteiger partial charge in [0.05, 0.1) is 11.3 Å².